The van der Waals surface area contributed by atoms with Gasteiger partial charge in [0.25, 0.3) is 0 Å². The van der Waals surface area contributed by atoms with Crippen molar-refractivity contribution in [2.24, 2.45) is 11.5 Å². The van der Waals surface area contributed by atoms with E-state index in [4.69, 9.17) is 30.1 Å². The number of rotatable bonds is 5. The lowest BCUT2D eigenvalue weighted by atomic mass is 9.76. The fourth-order valence-corrected chi connectivity index (χ4v) is 10.3. The van der Waals surface area contributed by atoms with Crippen molar-refractivity contribution in [3.8, 4) is 11.5 Å². The molecule has 2 saturated heterocycles. The van der Waals surface area contributed by atoms with Crippen LogP contribution in [0, 0.1) is 6.92 Å². The Kier molecular flexibility index (Phi) is 7.77. The molecule has 8 heterocycles. The molecule has 6 unspecified atom stereocenters. The number of phenols is 1. The highest BCUT2D eigenvalue weighted by Crippen LogP contribution is 2.55. The maximum atomic E-state index is 14.1. The number of dihydropyridines is 2. The van der Waals surface area contributed by atoms with Crippen LogP contribution in [-0.4, -0.2) is 56.1 Å². The molecule has 6 aliphatic rings. The van der Waals surface area contributed by atoms with E-state index in [0.717, 1.165) is 42.7 Å². The topological polar surface area (TPSA) is 195 Å². The Morgan fingerprint density at radius 3 is 2.79 bits per heavy atom. The molecule has 3 aromatic heterocycles. The van der Waals surface area contributed by atoms with Crippen LogP contribution in [0.5, 0.6) is 11.5 Å². The number of carbonyl (C=O) groups excluding carboxylic acids is 1. The second kappa shape index (κ2) is 12.5. The van der Waals surface area contributed by atoms with Crippen LogP contribution < -0.4 is 32.3 Å². The molecule has 1 aliphatic carbocycles. The van der Waals surface area contributed by atoms with Crippen LogP contribution in [0.1, 0.15) is 82.5 Å². The van der Waals surface area contributed by atoms with Crippen molar-refractivity contribution in [3.63, 3.8) is 0 Å². The number of aromatic amines is 1. The van der Waals surface area contributed by atoms with Crippen LogP contribution in [0.15, 0.2) is 92.1 Å². The Labute approximate surface area is 323 Å². The molecule has 0 radical (unpaired) electrons. The van der Waals surface area contributed by atoms with E-state index in [1.54, 1.807) is 13.0 Å². The Hall–Kier alpha value is -5.56. The lowest BCUT2D eigenvalue weighted by molar-refractivity contribution is -0.173. The van der Waals surface area contributed by atoms with Gasteiger partial charge in [-0.3, -0.25) is 4.79 Å². The van der Waals surface area contributed by atoms with Crippen molar-refractivity contribution >= 4 is 27.8 Å². The minimum Gasteiger partial charge on any atom is -0.507 e. The third-order valence-electron chi connectivity index (χ3n) is 12.8. The molecule has 4 aromatic rings. The van der Waals surface area contributed by atoms with Gasteiger partial charge in [-0.25, -0.2) is 4.79 Å². The number of benzene rings is 1. The molecule has 56 heavy (non-hydrogen) atoms. The molecule has 8 N–H and O–H groups in total. The quantitative estimate of drug-likeness (QED) is 0.113. The van der Waals surface area contributed by atoms with Gasteiger partial charge in [-0.2, -0.15) is 0 Å². The molecule has 5 aliphatic heterocycles. The molecule has 0 amide bonds. The minimum absolute atomic E-state index is 0.00640. The van der Waals surface area contributed by atoms with E-state index in [1.807, 2.05) is 26.1 Å². The van der Waals surface area contributed by atoms with Crippen molar-refractivity contribution in [2.75, 3.05) is 0 Å². The number of epoxide rings is 1. The van der Waals surface area contributed by atoms with E-state index < -0.39 is 23.3 Å². The Balaban J connectivity index is 0.880. The molecule has 0 bridgehead atoms. The first-order valence-electron chi connectivity index (χ1n) is 19.8. The number of phenolic OH excluding ortho intramolecular Hbond substituents is 1. The number of ether oxygens (including phenoxy) is 3. The summed E-state index contributed by atoms with van der Waals surface area (Å²) < 4.78 is 27.1. The van der Waals surface area contributed by atoms with Gasteiger partial charge in [0, 0.05) is 54.1 Å². The number of fused-ring (bicyclic) bond motifs is 8. The average Bonchev–Trinajstić information content (AvgIpc) is 3.55. The van der Waals surface area contributed by atoms with Crippen LogP contribution in [0.4, 0.5) is 0 Å². The molecule has 13 nitrogen and oxygen atoms in total. The first kappa shape index (κ1) is 34.9. The number of aromatic hydroxyl groups is 1. The second-order valence-corrected chi connectivity index (χ2v) is 16.9. The molecule has 13 heteroatoms. The summed E-state index contributed by atoms with van der Waals surface area (Å²) >= 11 is 0. The van der Waals surface area contributed by atoms with Gasteiger partial charge in [-0.1, -0.05) is 6.08 Å². The predicted molar refractivity (Wildman–Crippen MR) is 209 cm³/mol. The molecule has 6 atom stereocenters. The number of allylic oxidation sites excluding steroid dienone is 2. The van der Waals surface area contributed by atoms with Crippen LogP contribution in [0.3, 0.4) is 0 Å². The number of aromatic nitrogens is 2. The van der Waals surface area contributed by atoms with E-state index in [2.05, 4.69) is 44.7 Å². The van der Waals surface area contributed by atoms with E-state index in [0.29, 0.717) is 55.0 Å². The summed E-state index contributed by atoms with van der Waals surface area (Å²) in [4.78, 5) is 30.4. The van der Waals surface area contributed by atoms with Crippen LogP contribution in [-0.2, 0) is 20.8 Å². The molecule has 1 spiro atoms. The van der Waals surface area contributed by atoms with Crippen LogP contribution >= 0.6 is 0 Å². The number of carbonyl (C=O) groups is 1. The van der Waals surface area contributed by atoms with Crippen molar-refractivity contribution < 1.29 is 28.5 Å². The maximum absolute atomic E-state index is 14.1. The lowest BCUT2D eigenvalue weighted by Crippen LogP contribution is -2.53. The summed E-state index contributed by atoms with van der Waals surface area (Å²) in [6.07, 6.45) is 15.4. The SMILES string of the molecule is Cc1cc(=O)c2c(O)c3c(cc2o1)OC(C)(C)C1OC(=O)C2(CCCC31)OC2CCC1=C2CCCC3=C(N)NC(Cn4cc5cc[nH]c5c4)C=C3C2NC(N)=C1. The Morgan fingerprint density at radius 2 is 1.95 bits per heavy atom. The highest BCUT2D eigenvalue weighted by Gasteiger charge is 2.65. The Bertz CT molecular complexity index is 2490. The fourth-order valence-electron chi connectivity index (χ4n) is 10.3. The van der Waals surface area contributed by atoms with E-state index in [9.17, 15) is 14.7 Å². The van der Waals surface area contributed by atoms with Gasteiger partial charge >= 0.3 is 5.97 Å². The van der Waals surface area contributed by atoms with Gasteiger partial charge in [0.1, 0.15) is 45.8 Å². The average molecular weight is 761 g/mol. The van der Waals surface area contributed by atoms with Gasteiger partial charge in [0.05, 0.1) is 29.5 Å². The number of nitrogens with one attached hydrogen (secondary N) is 3. The number of aryl methyl sites for hydroxylation is 1. The van der Waals surface area contributed by atoms with Crippen molar-refractivity contribution in [3.05, 3.63) is 104 Å². The maximum Gasteiger partial charge on any atom is 0.341 e. The summed E-state index contributed by atoms with van der Waals surface area (Å²) in [5, 5.41) is 19.9. The highest BCUT2D eigenvalue weighted by atomic mass is 16.7. The van der Waals surface area contributed by atoms with Gasteiger partial charge < -0.3 is 55.4 Å². The van der Waals surface area contributed by atoms with Gasteiger partial charge in [0.15, 0.2) is 11.0 Å². The fraction of sp³-hybridized carbons (Fsp3) is 0.442. The summed E-state index contributed by atoms with van der Waals surface area (Å²) in [5.41, 5.74) is 17.6. The number of nitrogens with two attached hydrogens (primary N) is 2. The number of hydrogen-bond donors (Lipinski definition) is 6. The lowest BCUT2D eigenvalue weighted by Gasteiger charge is -2.45. The van der Waals surface area contributed by atoms with Crippen molar-refractivity contribution in [2.45, 2.75) is 120 Å². The largest absolute Gasteiger partial charge is 0.507 e. The molecule has 3 fully saturated rings. The summed E-state index contributed by atoms with van der Waals surface area (Å²) in [6.45, 7) is 6.19. The molecular formula is C43H48N6O7. The van der Waals surface area contributed by atoms with Gasteiger partial charge in [-0.15, -0.1) is 0 Å². The third kappa shape index (κ3) is 5.53. The number of H-pyrrole nitrogens is 1. The summed E-state index contributed by atoms with van der Waals surface area (Å²) in [7, 11) is 0. The predicted octanol–water partition coefficient (Wildman–Crippen LogP) is 5.38. The minimum atomic E-state index is -1.04. The van der Waals surface area contributed by atoms with E-state index >= 15 is 0 Å². The first-order chi connectivity index (χ1) is 26.9. The highest BCUT2D eigenvalue weighted by molar-refractivity contribution is 5.88. The second-order valence-electron chi connectivity index (χ2n) is 16.9. The molecular weight excluding hydrogens is 713 g/mol. The first-order valence-corrected chi connectivity index (χ1v) is 19.8. The number of esters is 1. The molecule has 1 saturated carbocycles. The zero-order chi connectivity index (χ0) is 38.7. The number of nitrogens with zero attached hydrogens (tertiary/aromatic N) is 1. The van der Waals surface area contributed by atoms with Crippen LogP contribution in [0.2, 0.25) is 0 Å². The molecule has 1 aromatic carbocycles. The molecule has 10 rings (SSSR count). The normalized spacial score (nSPS) is 29.3. The zero-order valence-corrected chi connectivity index (χ0v) is 31.9. The Morgan fingerprint density at radius 1 is 1.09 bits per heavy atom. The van der Waals surface area contributed by atoms with Crippen LogP contribution in [0.25, 0.3) is 21.9 Å². The third-order valence-corrected chi connectivity index (χ3v) is 12.8. The van der Waals surface area contributed by atoms with Crippen molar-refractivity contribution in [1.82, 2.24) is 20.2 Å². The standard InChI is InChI=1S/C43H48N6O7/c1-21-14-30(50)36-31(53-21)17-32-35(38(36)51)27-8-5-12-43(41(52)54-39(27)42(2,3)55-32)33(56-43)10-9-22-15-34(44)48-37-25(22)6-4-7-26-28(37)16-24(47-40(26)45)19-49-18-23-11-13-46-29(23)20-49/h11,13-18,20,24,27,33,37,39,46-48,51H,4-10,12,19,44-45H2,1-3H3. The summed E-state index contributed by atoms with van der Waals surface area (Å²) in [5.74, 6) is 1.24. The van der Waals surface area contributed by atoms with E-state index in [-0.39, 0.29) is 46.3 Å². The van der Waals surface area contributed by atoms with Gasteiger partial charge in [0.2, 0.25) is 0 Å². The van der Waals surface area contributed by atoms with Gasteiger partial charge in [-0.05, 0) is 107 Å². The smallest absolute Gasteiger partial charge is 0.341 e. The van der Waals surface area contributed by atoms with E-state index in [1.165, 1.54) is 28.2 Å². The monoisotopic (exact) mass is 760 g/mol. The van der Waals surface area contributed by atoms with Crippen molar-refractivity contribution in [1.29, 1.82) is 0 Å². The molecule has 292 valence electrons. The number of hydrogen-bond acceptors (Lipinski definition) is 11. The zero-order valence-electron chi connectivity index (χ0n) is 31.9. The summed E-state index contributed by atoms with van der Waals surface area (Å²) in [6, 6.07) is 5.03.